The molecule has 5 heteroatoms. The van der Waals surface area contributed by atoms with Gasteiger partial charge in [-0.2, -0.15) is 15.8 Å². The zero-order valence-corrected chi connectivity index (χ0v) is 26.7. The second-order valence-corrected chi connectivity index (χ2v) is 12.3. The molecule has 0 bridgehead atoms. The second-order valence-electron chi connectivity index (χ2n) is 12.3. The molecule has 2 aromatic heterocycles. The van der Waals surface area contributed by atoms with E-state index in [1.165, 1.54) is 10.8 Å². The smallest absolute Gasteiger partial charge is 0.0998 e. The number of benzene rings is 7. The van der Waals surface area contributed by atoms with Gasteiger partial charge in [0, 0.05) is 38.4 Å². The fourth-order valence-electron chi connectivity index (χ4n) is 7.57. The molecule has 0 aliphatic carbocycles. The number of nitrogens with zero attached hydrogens (tertiary/aromatic N) is 5. The van der Waals surface area contributed by atoms with Gasteiger partial charge in [0.25, 0.3) is 0 Å². The van der Waals surface area contributed by atoms with Crippen LogP contribution < -0.4 is 0 Å². The standard InChI is InChI=1S/C45H25N5/c46-26-29-22-23-42-38(24-29)36-16-3-6-20-41(36)50(42)43-21-9-12-32(28-48)45(43)37-17-8-11-31(27-47)44(37)30-10-7-13-33(25-30)49-39-18-4-1-14-34(39)35-15-2-5-19-40(35)49/h1-25H. The Labute approximate surface area is 287 Å². The summed E-state index contributed by atoms with van der Waals surface area (Å²) in [6.07, 6.45) is 0. The normalized spacial score (nSPS) is 11.1. The summed E-state index contributed by atoms with van der Waals surface area (Å²) in [6.45, 7) is 0. The van der Waals surface area contributed by atoms with Crippen molar-refractivity contribution in [1.29, 1.82) is 15.8 Å². The topological polar surface area (TPSA) is 81.2 Å². The lowest BCUT2D eigenvalue weighted by Gasteiger charge is -2.19. The Balaban J connectivity index is 1.34. The van der Waals surface area contributed by atoms with Gasteiger partial charge in [0.2, 0.25) is 0 Å². The first-order valence-electron chi connectivity index (χ1n) is 16.3. The van der Waals surface area contributed by atoms with Crippen LogP contribution in [0.1, 0.15) is 16.7 Å². The third-order valence-electron chi connectivity index (χ3n) is 9.63. The third kappa shape index (κ3) is 4.24. The van der Waals surface area contributed by atoms with Gasteiger partial charge in [0.05, 0.1) is 62.7 Å². The van der Waals surface area contributed by atoms with E-state index in [-0.39, 0.29) is 0 Å². The summed E-state index contributed by atoms with van der Waals surface area (Å²) in [5.74, 6) is 0. The number of nitriles is 3. The van der Waals surface area contributed by atoms with Crippen LogP contribution in [-0.2, 0) is 0 Å². The maximum Gasteiger partial charge on any atom is 0.0998 e. The summed E-state index contributed by atoms with van der Waals surface area (Å²) in [5.41, 5.74) is 10.6. The maximum atomic E-state index is 10.6. The minimum Gasteiger partial charge on any atom is -0.309 e. The molecule has 0 fully saturated rings. The number of hydrogen-bond acceptors (Lipinski definition) is 3. The molecule has 0 saturated carbocycles. The van der Waals surface area contributed by atoms with Gasteiger partial charge < -0.3 is 9.13 Å². The Kier molecular flexibility index (Phi) is 6.56. The van der Waals surface area contributed by atoms with E-state index in [0.29, 0.717) is 16.7 Å². The Morgan fingerprint density at radius 1 is 0.400 bits per heavy atom. The molecular formula is C45H25N5. The molecule has 9 rings (SSSR count). The average Bonchev–Trinajstić information content (AvgIpc) is 3.70. The molecule has 2 heterocycles. The van der Waals surface area contributed by atoms with Gasteiger partial charge in [-0.05, 0) is 77.9 Å². The summed E-state index contributed by atoms with van der Waals surface area (Å²) in [6, 6.07) is 57.6. The molecule has 0 spiro atoms. The predicted octanol–water partition coefficient (Wildman–Crippen LogP) is 10.8. The van der Waals surface area contributed by atoms with Crippen molar-refractivity contribution in [2.75, 3.05) is 0 Å². The SMILES string of the molecule is N#Cc1ccc2c(c1)c1ccccc1n2-c1cccc(C#N)c1-c1cccc(C#N)c1-c1cccc(-n2c3ccccc3c3ccccc32)c1. The van der Waals surface area contributed by atoms with E-state index < -0.39 is 0 Å². The predicted molar refractivity (Wildman–Crippen MR) is 200 cm³/mol. The lowest BCUT2D eigenvalue weighted by atomic mass is 9.87. The summed E-state index contributed by atoms with van der Waals surface area (Å²) < 4.78 is 4.43. The van der Waals surface area contributed by atoms with Crippen molar-refractivity contribution in [2.45, 2.75) is 0 Å². The summed E-state index contributed by atoms with van der Waals surface area (Å²) in [7, 11) is 0. The lowest BCUT2D eigenvalue weighted by Crippen LogP contribution is -2.01. The number of para-hydroxylation sites is 3. The highest BCUT2D eigenvalue weighted by atomic mass is 15.0. The van der Waals surface area contributed by atoms with E-state index in [1.54, 1.807) is 0 Å². The first-order chi connectivity index (χ1) is 24.7. The van der Waals surface area contributed by atoms with Crippen molar-refractivity contribution in [2.24, 2.45) is 0 Å². The van der Waals surface area contributed by atoms with Gasteiger partial charge >= 0.3 is 0 Å². The highest BCUT2D eigenvalue weighted by Gasteiger charge is 2.23. The van der Waals surface area contributed by atoms with Crippen LogP contribution in [0.25, 0.3) is 77.2 Å². The summed E-state index contributed by atoms with van der Waals surface area (Å²) in [4.78, 5) is 0. The zero-order valence-electron chi connectivity index (χ0n) is 26.7. The molecule has 0 atom stereocenters. The molecule has 0 unspecified atom stereocenters. The minimum atomic E-state index is 0.497. The number of fused-ring (bicyclic) bond motifs is 6. The van der Waals surface area contributed by atoms with Crippen LogP contribution >= 0.6 is 0 Å². The van der Waals surface area contributed by atoms with Gasteiger partial charge in [-0.3, -0.25) is 0 Å². The van der Waals surface area contributed by atoms with Crippen molar-refractivity contribution in [1.82, 2.24) is 9.13 Å². The van der Waals surface area contributed by atoms with E-state index in [2.05, 4.69) is 100 Å². The van der Waals surface area contributed by atoms with Gasteiger partial charge in [-0.1, -0.05) is 84.9 Å². The average molecular weight is 636 g/mol. The Morgan fingerprint density at radius 2 is 0.960 bits per heavy atom. The Morgan fingerprint density at radius 3 is 1.62 bits per heavy atom. The third-order valence-corrected chi connectivity index (χ3v) is 9.63. The molecule has 9 aromatic rings. The molecule has 230 valence electrons. The van der Waals surface area contributed by atoms with Crippen LogP contribution in [0, 0.1) is 34.0 Å². The first kappa shape index (κ1) is 28.8. The molecule has 0 aliphatic heterocycles. The minimum absolute atomic E-state index is 0.497. The summed E-state index contributed by atoms with van der Waals surface area (Å²) >= 11 is 0. The van der Waals surface area contributed by atoms with Crippen LogP contribution in [0.15, 0.2) is 152 Å². The number of rotatable bonds is 4. The van der Waals surface area contributed by atoms with Gasteiger partial charge in [-0.15, -0.1) is 0 Å². The number of aromatic nitrogens is 2. The number of hydrogen-bond donors (Lipinski definition) is 0. The molecular weight excluding hydrogens is 611 g/mol. The van der Waals surface area contributed by atoms with Crippen molar-refractivity contribution in [3.8, 4) is 51.8 Å². The fourth-order valence-corrected chi connectivity index (χ4v) is 7.57. The van der Waals surface area contributed by atoms with E-state index in [4.69, 9.17) is 0 Å². The second kappa shape index (κ2) is 11.4. The first-order valence-corrected chi connectivity index (χ1v) is 16.3. The van der Waals surface area contributed by atoms with Gasteiger partial charge in [-0.25, -0.2) is 0 Å². The molecule has 0 aliphatic rings. The fraction of sp³-hybridized carbons (Fsp3) is 0. The molecule has 0 amide bonds. The monoisotopic (exact) mass is 635 g/mol. The molecule has 7 aromatic carbocycles. The quantitative estimate of drug-likeness (QED) is 0.193. The van der Waals surface area contributed by atoms with Crippen LogP contribution in [0.5, 0.6) is 0 Å². The molecule has 0 N–H and O–H groups in total. The van der Waals surface area contributed by atoms with E-state index >= 15 is 0 Å². The molecule has 0 saturated heterocycles. The van der Waals surface area contributed by atoms with E-state index in [0.717, 1.165) is 66.5 Å². The van der Waals surface area contributed by atoms with Crippen molar-refractivity contribution in [3.63, 3.8) is 0 Å². The Bertz CT molecular complexity index is 2920. The largest absolute Gasteiger partial charge is 0.309 e. The summed E-state index contributed by atoms with van der Waals surface area (Å²) in [5, 5.41) is 35.2. The Hall–Kier alpha value is -7.39. The maximum absolute atomic E-state index is 10.6. The van der Waals surface area contributed by atoms with E-state index in [9.17, 15) is 15.8 Å². The molecule has 5 nitrogen and oxygen atoms in total. The van der Waals surface area contributed by atoms with E-state index in [1.807, 2.05) is 78.9 Å². The van der Waals surface area contributed by atoms with Crippen molar-refractivity contribution >= 4 is 43.6 Å². The highest BCUT2D eigenvalue weighted by Crippen LogP contribution is 2.43. The van der Waals surface area contributed by atoms with Crippen LogP contribution in [-0.4, -0.2) is 9.13 Å². The lowest BCUT2D eigenvalue weighted by molar-refractivity contribution is 1.18. The van der Waals surface area contributed by atoms with Gasteiger partial charge in [0.1, 0.15) is 0 Å². The van der Waals surface area contributed by atoms with Crippen molar-refractivity contribution in [3.05, 3.63) is 168 Å². The van der Waals surface area contributed by atoms with Gasteiger partial charge in [0.15, 0.2) is 0 Å². The van der Waals surface area contributed by atoms with Crippen LogP contribution in [0.3, 0.4) is 0 Å². The van der Waals surface area contributed by atoms with Crippen LogP contribution in [0.4, 0.5) is 0 Å². The van der Waals surface area contributed by atoms with Crippen LogP contribution in [0.2, 0.25) is 0 Å². The van der Waals surface area contributed by atoms with Crippen molar-refractivity contribution < 1.29 is 0 Å². The molecule has 0 radical (unpaired) electrons. The molecule has 50 heavy (non-hydrogen) atoms. The highest BCUT2D eigenvalue weighted by molar-refractivity contribution is 6.11. The zero-order chi connectivity index (χ0) is 33.8.